The van der Waals surface area contributed by atoms with E-state index in [1.54, 1.807) is 0 Å². The first kappa shape index (κ1) is 6.62. The lowest BCUT2D eigenvalue weighted by atomic mass is 9.91. The minimum Gasteiger partial charge on any atom is -0.347 e. The van der Waals surface area contributed by atoms with E-state index in [0.29, 0.717) is 6.10 Å². The first-order valence-corrected chi connectivity index (χ1v) is 4.16. The molecule has 0 aromatic carbocycles. The molecule has 2 heteroatoms. The molecule has 2 aliphatic rings. The molecule has 2 fully saturated rings. The molecule has 0 bridgehead atoms. The second-order valence-electron chi connectivity index (χ2n) is 3.22. The summed E-state index contributed by atoms with van der Waals surface area (Å²) in [6.07, 6.45) is 4.96. The summed E-state index contributed by atoms with van der Waals surface area (Å²) in [6, 6.07) is 0. The Morgan fingerprint density at radius 1 is 1.50 bits per heavy atom. The molecule has 58 valence electrons. The maximum absolute atomic E-state index is 5.71. The highest BCUT2D eigenvalue weighted by Crippen LogP contribution is 2.41. The third-order valence-electron chi connectivity index (χ3n) is 2.48. The average Bonchev–Trinajstić information content (AvgIpc) is 2.29. The molecule has 0 N–H and O–H groups in total. The van der Waals surface area contributed by atoms with Gasteiger partial charge in [-0.1, -0.05) is 6.92 Å². The molecule has 1 aliphatic carbocycles. The number of hydrogen-bond donors (Lipinski definition) is 0. The monoisotopic (exact) mass is 142 g/mol. The summed E-state index contributed by atoms with van der Waals surface area (Å²) in [7, 11) is 0. The van der Waals surface area contributed by atoms with Gasteiger partial charge in [-0.25, -0.2) is 0 Å². The largest absolute Gasteiger partial charge is 0.347 e. The van der Waals surface area contributed by atoms with Gasteiger partial charge in [0.25, 0.3) is 0 Å². The van der Waals surface area contributed by atoms with E-state index in [1.165, 1.54) is 6.42 Å². The molecule has 1 saturated heterocycles. The van der Waals surface area contributed by atoms with Crippen LogP contribution in [0.5, 0.6) is 0 Å². The third-order valence-corrected chi connectivity index (χ3v) is 2.48. The lowest BCUT2D eigenvalue weighted by Crippen LogP contribution is -2.38. The van der Waals surface area contributed by atoms with Crippen molar-refractivity contribution < 1.29 is 9.47 Å². The van der Waals surface area contributed by atoms with Crippen LogP contribution in [0.1, 0.15) is 32.6 Å². The van der Waals surface area contributed by atoms with Crippen LogP contribution < -0.4 is 0 Å². The molecule has 0 aromatic heterocycles. The predicted molar refractivity (Wildman–Crippen MR) is 37.7 cm³/mol. The highest BCUT2D eigenvalue weighted by molar-refractivity contribution is 4.86. The molecule has 1 saturated carbocycles. The fourth-order valence-electron chi connectivity index (χ4n) is 1.55. The van der Waals surface area contributed by atoms with E-state index >= 15 is 0 Å². The summed E-state index contributed by atoms with van der Waals surface area (Å²) in [5.41, 5.74) is 0. The maximum atomic E-state index is 5.71. The fraction of sp³-hybridized carbons (Fsp3) is 1.00. The Kier molecular flexibility index (Phi) is 1.46. The van der Waals surface area contributed by atoms with E-state index in [2.05, 4.69) is 6.92 Å². The Bertz CT molecular complexity index is 129. The van der Waals surface area contributed by atoms with Crippen LogP contribution in [0.4, 0.5) is 0 Å². The van der Waals surface area contributed by atoms with Crippen molar-refractivity contribution in [2.24, 2.45) is 0 Å². The van der Waals surface area contributed by atoms with Gasteiger partial charge >= 0.3 is 0 Å². The lowest BCUT2D eigenvalue weighted by molar-refractivity contribution is -0.215. The van der Waals surface area contributed by atoms with Gasteiger partial charge in [-0.05, 0) is 12.8 Å². The summed E-state index contributed by atoms with van der Waals surface area (Å²) in [4.78, 5) is 0. The molecule has 2 nitrogen and oxygen atoms in total. The standard InChI is InChI=1S/C8H14O2/c1-2-7-6-9-8(10-7)4-3-5-8/h7H,2-6H2,1H3. The van der Waals surface area contributed by atoms with Crippen molar-refractivity contribution in [3.8, 4) is 0 Å². The smallest absolute Gasteiger partial charge is 0.168 e. The summed E-state index contributed by atoms with van der Waals surface area (Å²) in [6.45, 7) is 2.96. The van der Waals surface area contributed by atoms with Crippen LogP contribution in [0.25, 0.3) is 0 Å². The fourth-order valence-corrected chi connectivity index (χ4v) is 1.55. The van der Waals surface area contributed by atoms with Gasteiger partial charge in [-0.15, -0.1) is 0 Å². The molecule has 1 aliphatic heterocycles. The van der Waals surface area contributed by atoms with Crippen molar-refractivity contribution in [2.45, 2.75) is 44.5 Å². The number of ether oxygens (including phenoxy) is 2. The maximum Gasteiger partial charge on any atom is 0.168 e. The predicted octanol–water partition coefficient (Wildman–Crippen LogP) is 1.69. The molecule has 0 radical (unpaired) electrons. The Balaban J connectivity index is 1.92. The second kappa shape index (κ2) is 2.21. The van der Waals surface area contributed by atoms with E-state index in [1.807, 2.05) is 0 Å². The first-order valence-electron chi connectivity index (χ1n) is 4.16. The number of rotatable bonds is 1. The molecule has 1 heterocycles. The van der Waals surface area contributed by atoms with E-state index in [-0.39, 0.29) is 5.79 Å². The van der Waals surface area contributed by atoms with Crippen LogP contribution in [-0.2, 0) is 9.47 Å². The van der Waals surface area contributed by atoms with Gasteiger partial charge in [0.15, 0.2) is 5.79 Å². The number of hydrogen-bond acceptors (Lipinski definition) is 2. The van der Waals surface area contributed by atoms with Crippen LogP contribution in [0, 0.1) is 0 Å². The van der Waals surface area contributed by atoms with Crippen LogP contribution in [0.15, 0.2) is 0 Å². The molecule has 1 unspecified atom stereocenters. The summed E-state index contributed by atoms with van der Waals surface area (Å²) >= 11 is 0. The van der Waals surface area contributed by atoms with Gasteiger partial charge in [-0.2, -0.15) is 0 Å². The molecule has 1 atom stereocenters. The van der Waals surface area contributed by atoms with Crippen molar-refractivity contribution in [2.75, 3.05) is 6.61 Å². The van der Waals surface area contributed by atoms with Gasteiger partial charge in [-0.3, -0.25) is 0 Å². The molecule has 0 aromatic rings. The highest BCUT2D eigenvalue weighted by atomic mass is 16.7. The summed E-state index contributed by atoms with van der Waals surface area (Å²) in [5, 5.41) is 0. The van der Waals surface area contributed by atoms with E-state index in [4.69, 9.17) is 9.47 Å². The Labute approximate surface area is 61.5 Å². The van der Waals surface area contributed by atoms with Gasteiger partial charge in [0.1, 0.15) is 0 Å². The van der Waals surface area contributed by atoms with Gasteiger partial charge in [0, 0.05) is 12.8 Å². The minimum absolute atomic E-state index is 0.110. The van der Waals surface area contributed by atoms with Crippen molar-refractivity contribution in [3.63, 3.8) is 0 Å². The SMILES string of the molecule is CCC1COC2(CCC2)O1. The van der Waals surface area contributed by atoms with Crippen LogP contribution in [0.3, 0.4) is 0 Å². The van der Waals surface area contributed by atoms with Crippen molar-refractivity contribution in [1.29, 1.82) is 0 Å². The topological polar surface area (TPSA) is 18.5 Å². The summed E-state index contributed by atoms with van der Waals surface area (Å²) in [5.74, 6) is -0.110. The van der Waals surface area contributed by atoms with Crippen molar-refractivity contribution >= 4 is 0 Å². The Hall–Kier alpha value is -0.0800. The van der Waals surface area contributed by atoms with Crippen molar-refractivity contribution in [1.82, 2.24) is 0 Å². The second-order valence-corrected chi connectivity index (χ2v) is 3.22. The molecule has 0 amide bonds. The molecular weight excluding hydrogens is 128 g/mol. The average molecular weight is 142 g/mol. The molecule has 1 spiro atoms. The van der Waals surface area contributed by atoms with Crippen LogP contribution >= 0.6 is 0 Å². The molecular formula is C8H14O2. The first-order chi connectivity index (χ1) is 4.85. The van der Waals surface area contributed by atoms with E-state index < -0.39 is 0 Å². The Morgan fingerprint density at radius 2 is 2.30 bits per heavy atom. The zero-order valence-corrected chi connectivity index (χ0v) is 6.43. The van der Waals surface area contributed by atoms with E-state index in [0.717, 1.165) is 25.9 Å². The van der Waals surface area contributed by atoms with Gasteiger partial charge in [0.05, 0.1) is 12.7 Å². The lowest BCUT2D eigenvalue weighted by Gasteiger charge is -2.36. The van der Waals surface area contributed by atoms with Crippen LogP contribution in [0.2, 0.25) is 0 Å². The van der Waals surface area contributed by atoms with Crippen LogP contribution in [-0.4, -0.2) is 18.5 Å². The summed E-state index contributed by atoms with van der Waals surface area (Å²) < 4.78 is 11.3. The zero-order valence-electron chi connectivity index (χ0n) is 6.43. The third kappa shape index (κ3) is 0.867. The Morgan fingerprint density at radius 3 is 2.60 bits per heavy atom. The quantitative estimate of drug-likeness (QED) is 0.554. The van der Waals surface area contributed by atoms with Crippen molar-refractivity contribution in [3.05, 3.63) is 0 Å². The van der Waals surface area contributed by atoms with E-state index in [9.17, 15) is 0 Å². The normalized spacial score (nSPS) is 36.3. The van der Waals surface area contributed by atoms with Gasteiger partial charge in [0.2, 0.25) is 0 Å². The molecule has 10 heavy (non-hydrogen) atoms. The van der Waals surface area contributed by atoms with Gasteiger partial charge < -0.3 is 9.47 Å². The molecule has 2 rings (SSSR count). The minimum atomic E-state index is -0.110. The zero-order chi connectivity index (χ0) is 7.03. The highest BCUT2D eigenvalue weighted by Gasteiger charge is 2.45.